The highest BCUT2D eigenvalue weighted by Gasteiger charge is 2.28. The summed E-state index contributed by atoms with van der Waals surface area (Å²) in [4.78, 5) is 14.0. The van der Waals surface area contributed by atoms with E-state index in [2.05, 4.69) is 6.07 Å². The molecule has 1 saturated carbocycles. The highest BCUT2D eigenvalue weighted by Crippen LogP contribution is 2.31. The number of hydrogen-bond acceptors (Lipinski definition) is 2. The molecule has 2 aliphatic rings. The Morgan fingerprint density at radius 2 is 2.05 bits per heavy atom. The zero-order valence-electron chi connectivity index (χ0n) is 11.2. The van der Waals surface area contributed by atoms with Crippen LogP contribution in [0.5, 0.6) is 0 Å². The standard InChI is InChI=1S/C16H21NO2/c18-15-7-3-5-13(15)10-11-17-14-6-2-1-4-12(14)8-9-16(17)19/h1-2,4,6,13,15,18H,3,5,7-11H2. The quantitative estimate of drug-likeness (QED) is 0.906. The molecule has 2 unspecified atom stereocenters. The van der Waals surface area contributed by atoms with Crippen LogP contribution in [0.2, 0.25) is 0 Å². The molecule has 1 amide bonds. The second kappa shape index (κ2) is 5.33. The van der Waals surface area contributed by atoms with Gasteiger partial charge in [0, 0.05) is 18.7 Å². The van der Waals surface area contributed by atoms with Crippen LogP contribution in [-0.2, 0) is 11.2 Å². The third kappa shape index (κ3) is 2.52. The predicted molar refractivity (Wildman–Crippen MR) is 75.1 cm³/mol. The van der Waals surface area contributed by atoms with Crippen LogP contribution in [0.4, 0.5) is 5.69 Å². The molecular formula is C16H21NO2. The number of amides is 1. The van der Waals surface area contributed by atoms with Gasteiger partial charge in [0.25, 0.3) is 0 Å². The van der Waals surface area contributed by atoms with Crippen molar-refractivity contribution in [1.29, 1.82) is 0 Å². The third-order valence-corrected chi connectivity index (χ3v) is 4.53. The summed E-state index contributed by atoms with van der Waals surface area (Å²) in [5, 5.41) is 9.88. The van der Waals surface area contributed by atoms with E-state index in [9.17, 15) is 9.90 Å². The topological polar surface area (TPSA) is 40.5 Å². The maximum absolute atomic E-state index is 12.1. The lowest BCUT2D eigenvalue weighted by molar-refractivity contribution is -0.119. The van der Waals surface area contributed by atoms with Crippen LogP contribution in [0.1, 0.15) is 37.7 Å². The van der Waals surface area contributed by atoms with Crippen LogP contribution in [0, 0.1) is 5.92 Å². The largest absolute Gasteiger partial charge is 0.393 e. The zero-order valence-corrected chi connectivity index (χ0v) is 11.2. The van der Waals surface area contributed by atoms with Gasteiger partial charge in [-0.3, -0.25) is 4.79 Å². The number of nitrogens with zero attached hydrogens (tertiary/aromatic N) is 1. The van der Waals surface area contributed by atoms with Crippen molar-refractivity contribution in [3.05, 3.63) is 29.8 Å². The normalized spacial score (nSPS) is 26.6. The SMILES string of the molecule is O=C1CCc2ccccc2N1CCC1CCCC1O. The average molecular weight is 259 g/mol. The molecule has 0 spiro atoms. The van der Waals surface area contributed by atoms with E-state index in [-0.39, 0.29) is 12.0 Å². The number of para-hydroxylation sites is 1. The molecule has 1 aromatic carbocycles. The first-order chi connectivity index (χ1) is 9.25. The zero-order chi connectivity index (χ0) is 13.2. The lowest BCUT2D eigenvalue weighted by atomic mass is 9.98. The summed E-state index contributed by atoms with van der Waals surface area (Å²) in [6.07, 6.45) is 5.38. The molecule has 0 radical (unpaired) electrons. The molecule has 3 nitrogen and oxygen atoms in total. The van der Waals surface area contributed by atoms with Gasteiger partial charge >= 0.3 is 0 Å². The molecule has 1 aromatic rings. The van der Waals surface area contributed by atoms with E-state index in [1.807, 2.05) is 23.1 Å². The molecular weight excluding hydrogens is 238 g/mol. The molecule has 0 saturated heterocycles. The van der Waals surface area contributed by atoms with Gasteiger partial charge in [0.05, 0.1) is 6.10 Å². The van der Waals surface area contributed by atoms with Crippen LogP contribution in [0.3, 0.4) is 0 Å². The van der Waals surface area contributed by atoms with E-state index >= 15 is 0 Å². The highest BCUT2D eigenvalue weighted by molar-refractivity contribution is 5.96. The summed E-state index contributed by atoms with van der Waals surface area (Å²) in [5.41, 5.74) is 2.35. The van der Waals surface area contributed by atoms with Gasteiger partial charge in [-0.2, -0.15) is 0 Å². The molecule has 3 heteroatoms. The van der Waals surface area contributed by atoms with Crippen molar-refractivity contribution < 1.29 is 9.90 Å². The summed E-state index contributed by atoms with van der Waals surface area (Å²) in [6, 6.07) is 8.18. The maximum atomic E-state index is 12.1. The van der Waals surface area contributed by atoms with Crippen molar-refractivity contribution >= 4 is 11.6 Å². The Bertz CT molecular complexity index is 472. The van der Waals surface area contributed by atoms with Crippen LogP contribution in [-0.4, -0.2) is 23.7 Å². The van der Waals surface area contributed by atoms with E-state index in [1.54, 1.807) is 0 Å². The summed E-state index contributed by atoms with van der Waals surface area (Å²) in [5.74, 6) is 0.605. The minimum atomic E-state index is -0.157. The van der Waals surface area contributed by atoms with Crippen LogP contribution in [0.15, 0.2) is 24.3 Å². The Hall–Kier alpha value is -1.35. The molecule has 1 aliphatic carbocycles. The Morgan fingerprint density at radius 1 is 1.21 bits per heavy atom. The minimum absolute atomic E-state index is 0.157. The van der Waals surface area contributed by atoms with E-state index in [0.29, 0.717) is 12.3 Å². The second-order valence-electron chi connectivity index (χ2n) is 5.72. The molecule has 2 atom stereocenters. The van der Waals surface area contributed by atoms with Crippen molar-refractivity contribution in [3.8, 4) is 0 Å². The summed E-state index contributed by atoms with van der Waals surface area (Å²) in [7, 11) is 0. The summed E-state index contributed by atoms with van der Waals surface area (Å²) < 4.78 is 0. The third-order valence-electron chi connectivity index (χ3n) is 4.53. The predicted octanol–water partition coefficient (Wildman–Crippen LogP) is 2.52. The van der Waals surface area contributed by atoms with Gasteiger partial charge in [-0.15, -0.1) is 0 Å². The Kier molecular flexibility index (Phi) is 3.56. The number of rotatable bonds is 3. The molecule has 1 N–H and O–H groups in total. The highest BCUT2D eigenvalue weighted by atomic mass is 16.3. The maximum Gasteiger partial charge on any atom is 0.227 e. The minimum Gasteiger partial charge on any atom is -0.393 e. The van der Waals surface area contributed by atoms with Gasteiger partial charge in [0.2, 0.25) is 5.91 Å². The number of carbonyl (C=O) groups excluding carboxylic acids is 1. The molecule has 1 aliphatic heterocycles. The van der Waals surface area contributed by atoms with E-state index in [1.165, 1.54) is 5.56 Å². The molecule has 1 heterocycles. The van der Waals surface area contributed by atoms with E-state index < -0.39 is 0 Å². The van der Waals surface area contributed by atoms with Crippen molar-refractivity contribution in [3.63, 3.8) is 0 Å². The number of carbonyl (C=O) groups is 1. The first-order valence-corrected chi connectivity index (χ1v) is 7.32. The Balaban J connectivity index is 1.71. The first kappa shape index (κ1) is 12.7. The van der Waals surface area contributed by atoms with Crippen LogP contribution < -0.4 is 4.90 Å². The van der Waals surface area contributed by atoms with Crippen molar-refractivity contribution in [2.75, 3.05) is 11.4 Å². The lowest BCUT2D eigenvalue weighted by Gasteiger charge is -2.30. The Morgan fingerprint density at radius 3 is 2.84 bits per heavy atom. The number of aliphatic hydroxyl groups is 1. The average Bonchev–Trinajstić information content (AvgIpc) is 2.83. The fourth-order valence-corrected chi connectivity index (χ4v) is 3.39. The number of hydrogen-bond donors (Lipinski definition) is 1. The van der Waals surface area contributed by atoms with Crippen molar-refractivity contribution in [2.24, 2.45) is 5.92 Å². The monoisotopic (exact) mass is 259 g/mol. The fourth-order valence-electron chi connectivity index (χ4n) is 3.39. The number of fused-ring (bicyclic) bond motifs is 1. The number of aryl methyl sites for hydroxylation is 1. The molecule has 19 heavy (non-hydrogen) atoms. The molecule has 3 rings (SSSR count). The Labute approximate surface area is 114 Å². The van der Waals surface area contributed by atoms with Gasteiger partial charge < -0.3 is 10.0 Å². The van der Waals surface area contributed by atoms with Gasteiger partial charge in [0.1, 0.15) is 0 Å². The molecule has 0 bridgehead atoms. The van der Waals surface area contributed by atoms with Gasteiger partial charge in [-0.1, -0.05) is 24.6 Å². The van der Waals surface area contributed by atoms with Gasteiger partial charge in [0.15, 0.2) is 0 Å². The van der Waals surface area contributed by atoms with Crippen LogP contribution in [0.25, 0.3) is 0 Å². The lowest BCUT2D eigenvalue weighted by Crippen LogP contribution is -2.37. The molecule has 0 aromatic heterocycles. The fraction of sp³-hybridized carbons (Fsp3) is 0.562. The first-order valence-electron chi connectivity index (χ1n) is 7.32. The van der Waals surface area contributed by atoms with Gasteiger partial charge in [-0.25, -0.2) is 0 Å². The number of aliphatic hydroxyl groups excluding tert-OH is 1. The smallest absolute Gasteiger partial charge is 0.227 e. The number of anilines is 1. The molecule has 1 fully saturated rings. The van der Waals surface area contributed by atoms with Gasteiger partial charge in [-0.05, 0) is 43.2 Å². The van der Waals surface area contributed by atoms with Crippen molar-refractivity contribution in [2.45, 2.75) is 44.6 Å². The van der Waals surface area contributed by atoms with Crippen molar-refractivity contribution in [1.82, 2.24) is 0 Å². The second-order valence-corrected chi connectivity index (χ2v) is 5.72. The summed E-state index contributed by atoms with van der Waals surface area (Å²) >= 11 is 0. The van der Waals surface area contributed by atoms with Crippen LogP contribution >= 0.6 is 0 Å². The van der Waals surface area contributed by atoms with E-state index in [4.69, 9.17) is 0 Å². The summed E-state index contributed by atoms with van der Waals surface area (Å²) in [6.45, 7) is 0.748. The number of benzene rings is 1. The molecule has 102 valence electrons. The van der Waals surface area contributed by atoms with E-state index in [0.717, 1.165) is 44.3 Å².